The molecule has 0 aromatic carbocycles. The normalized spacial score (nSPS) is 29.4. The van der Waals surface area contributed by atoms with E-state index in [0.29, 0.717) is 0 Å². The van der Waals surface area contributed by atoms with E-state index < -0.39 is 6.17 Å². The quantitative estimate of drug-likeness (QED) is 0.624. The number of alkyl halides is 1. The Kier molecular flexibility index (Phi) is 2.66. The van der Waals surface area contributed by atoms with Crippen molar-refractivity contribution >= 4 is 0 Å². The second-order valence-electron chi connectivity index (χ2n) is 3.39. The summed E-state index contributed by atoms with van der Waals surface area (Å²) in [5.74, 6) is 0.163. The second kappa shape index (κ2) is 3.33. The Balaban J connectivity index is 2.32. The molecular weight excluding hydrogens is 129 g/mol. The lowest BCUT2D eigenvalue weighted by atomic mass is 10.0. The van der Waals surface area contributed by atoms with Crippen LogP contribution in [0.15, 0.2) is 0 Å². The predicted molar refractivity (Wildman–Crippen MR) is 40.8 cm³/mol. The summed E-state index contributed by atoms with van der Waals surface area (Å²) in [6.07, 6.45) is 1.50. The number of hydrogen-bond donors (Lipinski definition) is 1. The molecule has 1 aliphatic rings. The van der Waals surface area contributed by atoms with Gasteiger partial charge in [0, 0.05) is 6.04 Å². The predicted octanol–water partition coefficient (Wildman–Crippen LogP) is 1.73. The van der Waals surface area contributed by atoms with Crippen molar-refractivity contribution in [2.45, 2.75) is 38.9 Å². The third-order valence-corrected chi connectivity index (χ3v) is 2.12. The second-order valence-corrected chi connectivity index (χ2v) is 3.39. The lowest BCUT2D eigenvalue weighted by molar-refractivity contribution is 0.201. The topological polar surface area (TPSA) is 12.0 Å². The Morgan fingerprint density at radius 1 is 1.50 bits per heavy atom. The van der Waals surface area contributed by atoms with Gasteiger partial charge in [0.1, 0.15) is 6.17 Å². The van der Waals surface area contributed by atoms with Crippen LogP contribution >= 0.6 is 0 Å². The molecule has 0 radical (unpaired) electrons. The Morgan fingerprint density at radius 2 is 2.20 bits per heavy atom. The number of rotatable bonds is 2. The van der Waals surface area contributed by atoms with Gasteiger partial charge < -0.3 is 5.32 Å². The highest BCUT2D eigenvalue weighted by molar-refractivity contribution is 4.82. The minimum absolute atomic E-state index is 0.139. The molecule has 0 aromatic rings. The molecule has 0 amide bonds. The molecule has 1 heterocycles. The fourth-order valence-electron chi connectivity index (χ4n) is 1.45. The van der Waals surface area contributed by atoms with Gasteiger partial charge in [-0.2, -0.15) is 0 Å². The standard InChI is InChI=1S/C8H16FN/c1-6(2)8(9)7-4-3-5-10-7/h6-8,10H,3-5H2,1-2H3/t7-,8+/m1/s1. The zero-order chi connectivity index (χ0) is 7.56. The number of halogens is 1. The molecule has 1 rings (SSSR count). The maximum absolute atomic E-state index is 13.2. The monoisotopic (exact) mass is 145 g/mol. The third-order valence-electron chi connectivity index (χ3n) is 2.12. The highest BCUT2D eigenvalue weighted by Crippen LogP contribution is 2.17. The smallest absolute Gasteiger partial charge is 0.118 e. The zero-order valence-electron chi connectivity index (χ0n) is 6.73. The van der Waals surface area contributed by atoms with Crippen LogP contribution in [0.4, 0.5) is 4.39 Å². The molecule has 0 spiro atoms. The summed E-state index contributed by atoms with van der Waals surface area (Å²) in [5, 5.41) is 3.16. The largest absolute Gasteiger partial charge is 0.311 e. The summed E-state index contributed by atoms with van der Waals surface area (Å²) in [4.78, 5) is 0. The summed E-state index contributed by atoms with van der Waals surface area (Å²) >= 11 is 0. The zero-order valence-corrected chi connectivity index (χ0v) is 6.73. The molecule has 10 heavy (non-hydrogen) atoms. The lowest BCUT2D eigenvalue weighted by Gasteiger charge is -2.18. The van der Waals surface area contributed by atoms with Gasteiger partial charge in [0.2, 0.25) is 0 Å². The van der Waals surface area contributed by atoms with Gasteiger partial charge >= 0.3 is 0 Å². The summed E-state index contributed by atoms with van der Waals surface area (Å²) in [7, 11) is 0. The molecule has 1 nitrogen and oxygen atoms in total. The maximum Gasteiger partial charge on any atom is 0.118 e. The average molecular weight is 145 g/mol. The van der Waals surface area contributed by atoms with Crippen molar-refractivity contribution in [3.63, 3.8) is 0 Å². The first-order chi connectivity index (χ1) is 4.72. The minimum Gasteiger partial charge on any atom is -0.311 e. The van der Waals surface area contributed by atoms with Crippen LogP contribution in [0.5, 0.6) is 0 Å². The van der Waals surface area contributed by atoms with Crippen LogP contribution in [0.1, 0.15) is 26.7 Å². The van der Waals surface area contributed by atoms with Crippen molar-refractivity contribution in [1.82, 2.24) is 5.32 Å². The maximum atomic E-state index is 13.2. The molecule has 60 valence electrons. The number of nitrogens with one attached hydrogen (secondary N) is 1. The molecule has 1 N–H and O–H groups in total. The number of hydrogen-bond acceptors (Lipinski definition) is 1. The van der Waals surface area contributed by atoms with Gasteiger partial charge in [-0.3, -0.25) is 0 Å². The van der Waals surface area contributed by atoms with Gasteiger partial charge in [0.15, 0.2) is 0 Å². The van der Waals surface area contributed by atoms with Crippen molar-refractivity contribution in [2.24, 2.45) is 5.92 Å². The first kappa shape index (κ1) is 7.99. The summed E-state index contributed by atoms with van der Waals surface area (Å²) in [6.45, 7) is 4.87. The summed E-state index contributed by atoms with van der Waals surface area (Å²) in [5.41, 5.74) is 0. The van der Waals surface area contributed by atoms with E-state index in [1.54, 1.807) is 0 Å². The molecule has 1 aliphatic heterocycles. The molecule has 0 aromatic heterocycles. The Hall–Kier alpha value is -0.110. The molecule has 0 bridgehead atoms. The molecule has 2 heteroatoms. The summed E-state index contributed by atoms with van der Waals surface area (Å²) < 4.78 is 13.2. The first-order valence-corrected chi connectivity index (χ1v) is 4.09. The lowest BCUT2D eigenvalue weighted by Crippen LogP contribution is -2.34. The Bertz CT molecular complexity index is 97.4. The minimum atomic E-state index is -0.650. The van der Waals surface area contributed by atoms with Crippen molar-refractivity contribution < 1.29 is 4.39 Å². The van der Waals surface area contributed by atoms with Crippen LogP contribution in [0.3, 0.4) is 0 Å². The van der Waals surface area contributed by atoms with Crippen LogP contribution in [0.2, 0.25) is 0 Å². The van der Waals surface area contributed by atoms with Crippen LogP contribution < -0.4 is 5.32 Å². The van der Waals surface area contributed by atoms with Gasteiger partial charge in [0.25, 0.3) is 0 Å². The Labute approximate surface area is 62.0 Å². The van der Waals surface area contributed by atoms with Crippen molar-refractivity contribution in [2.75, 3.05) is 6.54 Å². The van der Waals surface area contributed by atoms with Crippen LogP contribution in [-0.2, 0) is 0 Å². The van der Waals surface area contributed by atoms with Gasteiger partial charge in [-0.15, -0.1) is 0 Å². The van der Waals surface area contributed by atoms with Gasteiger partial charge in [-0.05, 0) is 25.3 Å². The SMILES string of the molecule is CC(C)[C@H](F)[C@H]1CCCN1. The van der Waals surface area contributed by atoms with E-state index in [-0.39, 0.29) is 12.0 Å². The molecule has 2 atom stereocenters. The summed E-state index contributed by atoms with van der Waals surface area (Å²) in [6, 6.07) is 0.139. The van der Waals surface area contributed by atoms with Crippen LogP contribution in [0.25, 0.3) is 0 Å². The molecule has 1 fully saturated rings. The molecule has 0 saturated carbocycles. The third kappa shape index (κ3) is 1.69. The fourth-order valence-corrected chi connectivity index (χ4v) is 1.45. The Morgan fingerprint density at radius 3 is 2.60 bits per heavy atom. The first-order valence-electron chi connectivity index (χ1n) is 4.09. The highest BCUT2D eigenvalue weighted by Gasteiger charge is 2.26. The van der Waals surface area contributed by atoms with E-state index in [4.69, 9.17) is 0 Å². The van der Waals surface area contributed by atoms with Gasteiger partial charge in [-0.25, -0.2) is 4.39 Å². The average Bonchev–Trinajstić information content (AvgIpc) is 2.36. The van der Waals surface area contributed by atoms with Crippen LogP contribution in [-0.4, -0.2) is 18.8 Å². The van der Waals surface area contributed by atoms with Crippen molar-refractivity contribution in [3.05, 3.63) is 0 Å². The van der Waals surface area contributed by atoms with Gasteiger partial charge in [0.05, 0.1) is 0 Å². The van der Waals surface area contributed by atoms with E-state index in [0.717, 1.165) is 19.4 Å². The van der Waals surface area contributed by atoms with E-state index in [9.17, 15) is 4.39 Å². The fraction of sp³-hybridized carbons (Fsp3) is 1.00. The highest BCUT2D eigenvalue weighted by atomic mass is 19.1. The van der Waals surface area contributed by atoms with E-state index in [1.807, 2.05) is 13.8 Å². The van der Waals surface area contributed by atoms with E-state index in [2.05, 4.69) is 5.32 Å². The van der Waals surface area contributed by atoms with Crippen molar-refractivity contribution in [3.8, 4) is 0 Å². The molecule has 0 aliphatic carbocycles. The molecule has 0 unspecified atom stereocenters. The van der Waals surface area contributed by atoms with E-state index in [1.165, 1.54) is 0 Å². The van der Waals surface area contributed by atoms with Crippen LogP contribution in [0, 0.1) is 5.92 Å². The molecular formula is C8H16FN. The van der Waals surface area contributed by atoms with Gasteiger partial charge in [-0.1, -0.05) is 13.8 Å². The molecule has 1 saturated heterocycles. The van der Waals surface area contributed by atoms with Crippen molar-refractivity contribution in [1.29, 1.82) is 0 Å². The van der Waals surface area contributed by atoms with E-state index >= 15 is 0 Å².